The molecule has 4 aromatic rings. The van der Waals surface area contributed by atoms with E-state index in [9.17, 15) is 0 Å². The van der Waals surface area contributed by atoms with Crippen molar-refractivity contribution in [1.29, 1.82) is 0 Å². The fourth-order valence-corrected chi connectivity index (χ4v) is 10.9. The first-order valence-electron chi connectivity index (χ1n) is 22.8. The smallest absolute Gasteiger partial charge is 0.384 e. The number of benzene rings is 4. The Morgan fingerprint density at radius 2 is 0.576 bits per heavy atom. The highest BCUT2D eigenvalue weighted by molar-refractivity contribution is 5.72. The molecule has 10 rings (SSSR count). The fraction of sp³-hybridized carbons (Fsp3) is 0.490. The minimum absolute atomic E-state index is 0.338. The Kier molecular flexibility index (Phi) is 11.1. The van der Waals surface area contributed by atoms with Crippen molar-refractivity contribution in [3.63, 3.8) is 0 Å². The van der Waals surface area contributed by atoms with E-state index in [1.807, 2.05) is 48.5 Å². The predicted molar refractivity (Wildman–Crippen MR) is 233 cm³/mol. The van der Waals surface area contributed by atoms with E-state index >= 15 is 0 Å². The van der Waals surface area contributed by atoms with Gasteiger partial charge in [0, 0.05) is 0 Å². The maximum Gasteiger partial charge on any atom is 0.611 e. The van der Waals surface area contributed by atoms with Gasteiger partial charge in [0.15, 0.2) is 23.0 Å². The molecule has 0 radical (unpaired) electrons. The van der Waals surface area contributed by atoms with Crippen molar-refractivity contribution < 1.29 is 18.9 Å². The number of ether oxygens (including phenoxy) is 4. The first-order chi connectivity index (χ1) is 29.2. The summed E-state index contributed by atoms with van der Waals surface area (Å²) in [4.78, 5) is 20.2. The summed E-state index contributed by atoms with van der Waals surface area (Å²) in [6, 6.07) is 30.9. The van der Waals surface area contributed by atoms with Crippen molar-refractivity contribution in [3.8, 4) is 23.0 Å². The third-order valence-electron chi connectivity index (χ3n) is 13.9. The molecule has 2 aliphatic heterocycles. The number of para-hydroxylation sites is 4. The molecule has 0 bridgehead atoms. The summed E-state index contributed by atoms with van der Waals surface area (Å²) in [5.41, 5.74) is 7.20. The molecule has 4 saturated carbocycles. The van der Waals surface area contributed by atoms with Crippen LogP contribution < -0.4 is 18.9 Å². The number of hydrogen-bond acceptors (Lipinski definition) is 8. The molecular weight excluding hydrogens is 733 g/mol. The summed E-state index contributed by atoms with van der Waals surface area (Å²) in [5, 5.41) is 0. The van der Waals surface area contributed by atoms with Crippen LogP contribution in [0.3, 0.4) is 0 Å². The molecule has 0 aromatic heterocycles. The maximum absolute atomic E-state index is 7.25. The summed E-state index contributed by atoms with van der Waals surface area (Å²) in [7, 11) is 0. The highest BCUT2D eigenvalue weighted by Gasteiger charge is 2.47. The van der Waals surface area contributed by atoms with Crippen LogP contribution in [-0.4, -0.2) is 18.2 Å². The van der Waals surface area contributed by atoms with Gasteiger partial charge in [-0.05, 0) is 122 Å². The zero-order valence-electron chi connectivity index (χ0n) is 34.3. The number of rotatable bonds is 4. The predicted octanol–water partition coefficient (Wildman–Crippen LogP) is 15.0. The van der Waals surface area contributed by atoms with Crippen LogP contribution in [0.4, 0.5) is 22.7 Å². The Labute approximate surface area is 348 Å². The minimum atomic E-state index is -2.19. The lowest BCUT2D eigenvalue weighted by molar-refractivity contribution is -0.366. The molecule has 0 unspecified atom stereocenters. The van der Waals surface area contributed by atoms with Crippen molar-refractivity contribution in [3.05, 3.63) is 95.1 Å². The fourth-order valence-electron chi connectivity index (χ4n) is 10.9. The highest BCUT2D eigenvalue weighted by atomic mass is 17.0. The molecule has 59 heavy (non-hydrogen) atoms. The van der Waals surface area contributed by atoms with Crippen molar-refractivity contribution in [2.24, 2.45) is 20.0 Å². The number of fused-ring (bicyclic) bond motifs is 4. The molecule has 8 nitrogen and oxygen atoms in total. The zero-order valence-corrected chi connectivity index (χ0v) is 34.3. The minimum Gasteiger partial charge on any atom is -0.384 e. The van der Waals surface area contributed by atoms with Crippen LogP contribution in [0, 0.1) is 0 Å². The zero-order chi connectivity index (χ0) is 39.4. The average Bonchev–Trinajstić information content (AvgIpc) is 3.29. The van der Waals surface area contributed by atoms with Crippen molar-refractivity contribution in [2.75, 3.05) is 0 Å². The van der Waals surface area contributed by atoms with Gasteiger partial charge in [-0.25, -0.2) is 0 Å². The van der Waals surface area contributed by atoms with E-state index in [4.69, 9.17) is 38.9 Å². The van der Waals surface area contributed by atoms with E-state index in [0.29, 0.717) is 69.4 Å². The first kappa shape index (κ1) is 38.1. The lowest BCUT2D eigenvalue weighted by Crippen LogP contribution is -2.54. The van der Waals surface area contributed by atoms with E-state index in [1.165, 1.54) is 77.0 Å². The second kappa shape index (κ2) is 17.2. The molecule has 6 aliphatic rings. The van der Waals surface area contributed by atoms with Gasteiger partial charge in [-0.3, -0.25) is 0 Å². The van der Waals surface area contributed by atoms with Crippen molar-refractivity contribution in [1.82, 2.24) is 0 Å². The summed E-state index contributed by atoms with van der Waals surface area (Å²) < 4.78 is 29.0. The highest BCUT2D eigenvalue weighted by Crippen LogP contribution is 2.50. The summed E-state index contributed by atoms with van der Waals surface area (Å²) in [6.45, 7) is 0. The molecular formula is C51H56N4O4. The summed E-state index contributed by atoms with van der Waals surface area (Å²) in [5.74, 6) is 3.25. The third kappa shape index (κ3) is 7.98. The van der Waals surface area contributed by atoms with Gasteiger partial charge in [0.1, 0.15) is 34.8 Å². The molecule has 2 heterocycles. The molecule has 0 saturated heterocycles. The van der Waals surface area contributed by atoms with Gasteiger partial charge >= 0.3 is 6.16 Å². The Hall–Kier alpha value is -5.16. The van der Waals surface area contributed by atoms with Gasteiger partial charge in [-0.2, -0.15) is 20.0 Å². The molecule has 4 fully saturated rings. The Balaban J connectivity index is 1.21. The second-order valence-electron chi connectivity index (χ2n) is 17.7. The average molecular weight is 789 g/mol. The van der Waals surface area contributed by atoms with Crippen LogP contribution in [0.15, 0.2) is 92.8 Å². The molecule has 1 spiro atoms. The van der Waals surface area contributed by atoms with Crippen molar-refractivity contribution >= 4 is 34.8 Å². The largest absolute Gasteiger partial charge is 0.611 e. The van der Waals surface area contributed by atoms with Crippen molar-refractivity contribution in [2.45, 2.75) is 158 Å². The van der Waals surface area contributed by atoms with Crippen LogP contribution in [0.1, 0.15) is 174 Å². The lowest BCUT2D eigenvalue weighted by atomic mass is 9.83. The van der Waals surface area contributed by atoms with Gasteiger partial charge in [0.05, 0.1) is 0 Å². The summed E-state index contributed by atoms with van der Waals surface area (Å²) in [6.07, 6.45) is 21.1. The SMILES string of the molecule is C1=Nc2c(cccc2C2CCCCC2)OC2(Oc3cccc(C4CCCCC4)c3N=1)Oc1cccc(C3CCCCC3)c1N=C=Nc1c(cccc1C1CCCCC1)O2. The van der Waals surface area contributed by atoms with Gasteiger partial charge < -0.3 is 18.9 Å². The van der Waals surface area contributed by atoms with Crippen LogP contribution >= 0.6 is 0 Å². The normalized spacial score (nSPS) is 22.8. The maximum atomic E-state index is 7.25. The van der Waals surface area contributed by atoms with Gasteiger partial charge in [0.25, 0.3) is 0 Å². The quantitative estimate of drug-likeness (QED) is 0.206. The van der Waals surface area contributed by atoms with Crippen LogP contribution in [0.2, 0.25) is 0 Å². The Bertz CT molecular complexity index is 1970. The van der Waals surface area contributed by atoms with Gasteiger partial charge in [0.2, 0.25) is 0 Å². The number of aliphatic imine (C=N–C) groups is 4. The first-order valence-corrected chi connectivity index (χ1v) is 22.8. The number of nitrogens with zero attached hydrogens (tertiary/aromatic N) is 4. The Morgan fingerprint density at radius 3 is 0.814 bits per heavy atom. The molecule has 304 valence electrons. The van der Waals surface area contributed by atoms with Crippen LogP contribution in [-0.2, 0) is 0 Å². The molecule has 0 atom stereocenters. The van der Waals surface area contributed by atoms with Gasteiger partial charge in [-0.15, -0.1) is 0 Å². The Morgan fingerprint density at radius 1 is 0.339 bits per heavy atom. The lowest BCUT2D eigenvalue weighted by Gasteiger charge is -2.35. The number of hydrogen-bond donors (Lipinski definition) is 0. The topological polar surface area (TPSA) is 86.4 Å². The standard InChI is InChI=1S/C51H56N4O4/c1-5-17-35(18-6-1)39-25-13-29-43-47(39)52-33-53-48-40(36-19-7-2-8-20-36)26-14-30-44(48)57-51(56-43)58-45-31-15-27-41(37-21-9-3-10-22-37)49(45)54-34-55-50-42(28-16-32-46(50)59-51)38-23-11-4-12-24-38/h13-16,25-32,35-38H,1-12,17-24H2. The van der Waals surface area contributed by atoms with Gasteiger partial charge in [-0.1, -0.05) is 126 Å². The van der Waals surface area contributed by atoms with E-state index < -0.39 is 6.16 Å². The molecule has 4 aromatic carbocycles. The molecule has 4 aliphatic carbocycles. The monoisotopic (exact) mass is 788 g/mol. The van der Waals surface area contributed by atoms with Crippen LogP contribution in [0.25, 0.3) is 0 Å². The summed E-state index contributed by atoms with van der Waals surface area (Å²) >= 11 is 0. The molecule has 8 heteroatoms. The van der Waals surface area contributed by atoms with E-state index in [2.05, 4.69) is 36.3 Å². The van der Waals surface area contributed by atoms with E-state index in [0.717, 1.165) is 73.6 Å². The van der Waals surface area contributed by atoms with Crippen LogP contribution in [0.5, 0.6) is 23.0 Å². The second-order valence-corrected chi connectivity index (χ2v) is 17.7. The van der Waals surface area contributed by atoms with E-state index in [1.54, 1.807) is 0 Å². The van der Waals surface area contributed by atoms with E-state index in [-0.39, 0.29) is 0 Å². The molecule has 0 amide bonds. The molecule has 0 N–H and O–H groups in total. The third-order valence-corrected chi connectivity index (χ3v) is 13.9.